The zero-order valence-corrected chi connectivity index (χ0v) is 13.6. The minimum atomic E-state index is -0.504. The molecule has 6 heteroatoms. The van der Waals surface area contributed by atoms with Crippen LogP contribution < -0.4 is 0 Å². The van der Waals surface area contributed by atoms with Crippen molar-refractivity contribution in [2.45, 2.75) is 30.8 Å². The van der Waals surface area contributed by atoms with Gasteiger partial charge < -0.3 is 10.0 Å². The van der Waals surface area contributed by atoms with Crippen molar-refractivity contribution in [3.63, 3.8) is 0 Å². The maximum Gasteiger partial charge on any atom is 0.227 e. The molecule has 1 aliphatic carbocycles. The van der Waals surface area contributed by atoms with E-state index in [9.17, 15) is 15.2 Å². The molecule has 2 fully saturated rings. The molecule has 2 heterocycles. The monoisotopic (exact) mass is 334 g/mol. The zero-order valence-electron chi connectivity index (χ0n) is 13.6. The van der Waals surface area contributed by atoms with E-state index >= 15 is 0 Å². The molecule has 1 aromatic carbocycles. The summed E-state index contributed by atoms with van der Waals surface area (Å²) in [6, 6.07) is 9.26. The van der Waals surface area contributed by atoms with Crippen molar-refractivity contribution in [2.24, 2.45) is 5.92 Å². The summed E-state index contributed by atoms with van der Waals surface area (Å²) in [6.07, 6.45) is 6.77. The summed E-state index contributed by atoms with van der Waals surface area (Å²) in [4.78, 5) is 22.0. The molecule has 126 valence electrons. The number of hydrogen-bond donors (Lipinski definition) is 1. The first kappa shape index (κ1) is 15.7. The van der Waals surface area contributed by atoms with Crippen molar-refractivity contribution < 1.29 is 9.90 Å². The highest BCUT2D eigenvalue weighted by Gasteiger charge is 2.53. The van der Waals surface area contributed by atoms with Gasteiger partial charge >= 0.3 is 0 Å². The molecule has 0 bridgehead atoms. The quantitative estimate of drug-likeness (QED) is 0.919. The van der Waals surface area contributed by atoms with Gasteiger partial charge in [-0.15, -0.1) is 0 Å². The molecule has 1 saturated carbocycles. The number of hydrogen-bond acceptors (Lipinski definition) is 5. The van der Waals surface area contributed by atoms with E-state index in [4.69, 9.17) is 0 Å². The Morgan fingerprint density at radius 1 is 1.20 bits per heavy atom. The number of aliphatic hydroxyl groups excluding tert-OH is 1. The fourth-order valence-electron chi connectivity index (χ4n) is 3.60. The Balaban J connectivity index is 1.58. The van der Waals surface area contributed by atoms with Gasteiger partial charge in [-0.05, 0) is 24.0 Å². The summed E-state index contributed by atoms with van der Waals surface area (Å²) in [7, 11) is 0. The lowest BCUT2D eigenvalue weighted by molar-refractivity contribution is -0.148. The van der Waals surface area contributed by atoms with Crippen LogP contribution in [0.15, 0.2) is 43.0 Å². The summed E-state index contributed by atoms with van der Waals surface area (Å²) in [5, 5.41) is 19.3. The van der Waals surface area contributed by atoms with Crippen molar-refractivity contribution in [1.82, 2.24) is 14.9 Å². The summed E-state index contributed by atoms with van der Waals surface area (Å²) >= 11 is 0. The maximum absolute atomic E-state index is 12.4. The second-order valence-corrected chi connectivity index (χ2v) is 6.62. The van der Waals surface area contributed by atoms with Gasteiger partial charge in [0.2, 0.25) is 5.91 Å². The molecule has 1 amide bonds. The molecule has 1 N–H and O–H groups in total. The highest BCUT2D eigenvalue weighted by atomic mass is 16.3. The highest BCUT2D eigenvalue weighted by Crippen LogP contribution is 2.44. The Hall–Kier alpha value is -2.78. The lowest BCUT2D eigenvalue weighted by Crippen LogP contribution is -2.65. The molecule has 6 nitrogen and oxygen atoms in total. The van der Waals surface area contributed by atoms with Crippen LogP contribution in [0.3, 0.4) is 0 Å². The van der Waals surface area contributed by atoms with Crippen LogP contribution >= 0.6 is 0 Å². The van der Waals surface area contributed by atoms with Gasteiger partial charge in [-0.25, -0.2) is 9.97 Å². The second kappa shape index (κ2) is 6.26. The first-order chi connectivity index (χ1) is 12.2. The van der Waals surface area contributed by atoms with E-state index in [2.05, 4.69) is 16.0 Å². The fourth-order valence-corrected chi connectivity index (χ4v) is 3.60. The molecule has 1 aromatic heterocycles. The van der Waals surface area contributed by atoms with Crippen molar-refractivity contribution in [3.8, 4) is 17.2 Å². The molecule has 2 aromatic rings. The van der Waals surface area contributed by atoms with Crippen LogP contribution in [0.1, 0.15) is 24.3 Å². The van der Waals surface area contributed by atoms with E-state index in [1.54, 1.807) is 17.3 Å². The smallest absolute Gasteiger partial charge is 0.227 e. The third-order valence-electron chi connectivity index (χ3n) is 5.10. The van der Waals surface area contributed by atoms with Crippen molar-refractivity contribution in [1.29, 1.82) is 5.26 Å². The average Bonchev–Trinajstić information content (AvgIpc) is 3.48. The predicted octanol–water partition coefficient (Wildman–Crippen LogP) is 1.73. The van der Waals surface area contributed by atoms with Gasteiger partial charge in [-0.3, -0.25) is 4.79 Å². The topological polar surface area (TPSA) is 90.1 Å². The van der Waals surface area contributed by atoms with Crippen LogP contribution in [0.5, 0.6) is 0 Å². The Bertz CT molecular complexity index is 812. The Morgan fingerprint density at radius 2 is 1.88 bits per heavy atom. The minimum Gasteiger partial charge on any atom is -0.394 e. The lowest BCUT2D eigenvalue weighted by atomic mass is 9.75. The normalized spacial score (nSPS) is 25.1. The average molecular weight is 334 g/mol. The number of aliphatic hydroxyl groups is 1. The number of aromatic nitrogens is 2. The van der Waals surface area contributed by atoms with Crippen LogP contribution in [-0.2, 0) is 4.79 Å². The Labute approximate surface area is 145 Å². The number of carbonyl (C=O) groups excluding carboxylic acids is 1. The van der Waals surface area contributed by atoms with Crippen LogP contribution in [-0.4, -0.2) is 44.6 Å². The fraction of sp³-hybridized carbons (Fsp3) is 0.368. The summed E-state index contributed by atoms with van der Waals surface area (Å²) in [5.74, 6) is -0.0926. The standard InChI is InChI=1S/C19H18N4O2/c20-7-16-18(17(10-24)23(16)19(25)14-5-6-14)13-3-1-12(2-4-13)15-8-21-11-22-9-15/h1-4,8-9,11,14,16-18,24H,5-6,10H2/t16-,17+,18+/m1/s1. The third kappa shape index (κ3) is 2.67. The largest absolute Gasteiger partial charge is 0.394 e. The SMILES string of the molecule is N#C[C@@H]1[C@H](c2ccc(-c3cncnc3)cc2)[C@H](CO)N1C(=O)C1CC1. The summed E-state index contributed by atoms with van der Waals surface area (Å²) < 4.78 is 0. The first-order valence-corrected chi connectivity index (χ1v) is 8.42. The third-order valence-corrected chi connectivity index (χ3v) is 5.10. The molecule has 1 saturated heterocycles. The first-order valence-electron chi connectivity index (χ1n) is 8.42. The molecule has 2 aliphatic rings. The molecular weight excluding hydrogens is 316 g/mol. The van der Waals surface area contributed by atoms with Gasteiger partial charge in [0, 0.05) is 29.8 Å². The van der Waals surface area contributed by atoms with Gasteiger partial charge in [0.05, 0.1) is 18.7 Å². The molecule has 1 aliphatic heterocycles. The molecule has 4 rings (SSSR count). The van der Waals surface area contributed by atoms with Crippen LogP contribution in [0.2, 0.25) is 0 Å². The molecule has 25 heavy (non-hydrogen) atoms. The van der Waals surface area contributed by atoms with Gasteiger partial charge in [0.25, 0.3) is 0 Å². The van der Waals surface area contributed by atoms with Gasteiger partial charge in [0.1, 0.15) is 12.4 Å². The van der Waals surface area contributed by atoms with Crippen molar-refractivity contribution in [3.05, 3.63) is 48.5 Å². The Kier molecular flexibility index (Phi) is 3.94. The number of nitriles is 1. The molecule has 0 unspecified atom stereocenters. The van der Waals surface area contributed by atoms with Gasteiger partial charge in [-0.2, -0.15) is 5.26 Å². The van der Waals surface area contributed by atoms with E-state index in [-0.39, 0.29) is 30.4 Å². The number of nitrogens with zero attached hydrogens (tertiary/aromatic N) is 4. The van der Waals surface area contributed by atoms with Crippen LogP contribution in [0, 0.1) is 17.2 Å². The highest BCUT2D eigenvalue weighted by molar-refractivity contribution is 5.83. The number of rotatable bonds is 4. The van der Waals surface area contributed by atoms with E-state index in [0.29, 0.717) is 0 Å². The second-order valence-electron chi connectivity index (χ2n) is 6.62. The van der Waals surface area contributed by atoms with E-state index in [1.807, 2.05) is 24.3 Å². The van der Waals surface area contributed by atoms with E-state index in [0.717, 1.165) is 29.5 Å². The summed E-state index contributed by atoms with van der Waals surface area (Å²) in [5.41, 5.74) is 2.87. The van der Waals surface area contributed by atoms with Gasteiger partial charge in [-0.1, -0.05) is 24.3 Å². The van der Waals surface area contributed by atoms with E-state index < -0.39 is 6.04 Å². The summed E-state index contributed by atoms with van der Waals surface area (Å²) in [6.45, 7) is -0.129. The number of benzene rings is 1. The number of carbonyl (C=O) groups is 1. The van der Waals surface area contributed by atoms with E-state index in [1.165, 1.54) is 6.33 Å². The van der Waals surface area contributed by atoms with Crippen LogP contribution in [0.25, 0.3) is 11.1 Å². The number of likely N-dealkylation sites (tertiary alicyclic amines) is 1. The molecule has 3 atom stereocenters. The van der Waals surface area contributed by atoms with Gasteiger partial charge in [0.15, 0.2) is 0 Å². The number of amides is 1. The molecule has 0 spiro atoms. The van der Waals surface area contributed by atoms with Crippen molar-refractivity contribution >= 4 is 5.91 Å². The zero-order chi connectivity index (χ0) is 17.4. The Morgan fingerprint density at radius 3 is 2.44 bits per heavy atom. The van der Waals surface area contributed by atoms with Crippen LogP contribution in [0.4, 0.5) is 0 Å². The maximum atomic E-state index is 12.4. The van der Waals surface area contributed by atoms with Crippen molar-refractivity contribution in [2.75, 3.05) is 6.61 Å². The molecule has 0 radical (unpaired) electrons. The lowest BCUT2D eigenvalue weighted by Gasteiger charge is -2.51. The molecular formula is C19H18N4O2. The predicted molar refractivity (Wildman–Crippen MR) is 90.1 cm³/mol. The minimum absolute atomic E-state index is 0.0138.